The van der Waals surface area contributed by atoms with E-state index in [4.69, 9.17) is 9.11 Å². The highest BCUT2D eigenvalue weighted by atomic mass is 32.1. The van der Waals surface area contributed by atoms with E-state index in [1.165, 1.54) is 15.6 Å². The summed E-state index contributed by atoms with van der Waals surface area (Å²) in [7, 11) is 1.64. The summed E-state index contributed by atoms with van der Waals surface area (Å²) in [5, 5.41) is 4.30. The number of nitrogens with zero attached hydrogens (tertiary/aromatic N) is 3. The first-order valence-corrected chi connectivity index (χ1v) is 12.8. The standard InChI is InChI=1S/C28H30N4O2S/c1-34-24-11-9-22(10-12-24)20-27(33)29-23-6-4-5-21(19-23)13-14-31-15-17-32(18-16-31)28-25-7-2-3-8-26(25)35-30-28/h2-12,19H,13-18,20H2,1H3,(H,29,33). The molecule has 2 heterocycles. The van der Waals surface area contributed by atoms with Gasteiger partial charge in [0.1, 0.15) is 11.6 Å². The van der Waals surface area contributed by atoms with Crippen LogP contribution in [-0.2, 0) is 17.6 Å². The minimum absolute atomic E-state index is 0.0157. The van der Waals surface area contributed by atoms with Crippen molar-refractivity contribution in [3.63, 3.8) is 0 Å². The van der Waals surface area contributed by atoms with Gasteiger partial charge in [0.15, 0.2) is 0 Å². The van der Waals surface area contributed by atoms with E-state index < -0.39 is 0 Å². The van der Waals surface area contributed by atoms with Gasteiger partial charge in [-0.3, -0.25) is 9.69 Å². The molecule has 1 N–H and O–H groups in total. The van der Waals surface area contributed by atoms with Gasteiger partial charge in [0.2, 0.25) is 5.91 Å². The number of nitrogens with one attached hydrogen (secondary N) is 1. The predicted octanol–water partition coefficient (Wildman–Crippen LogP) is 4.85. The lowest BCUT2D eigenvalue weighted by atomic mass is 10.1. The van der Waals surface area contributed by atoms with Crippen LogP contribution in [0.25, 0.3) is 10.1 Å². The zero-order valence-corrected chi connectivity index (χ0v) is 20.8. The molecule has 1 fully saturated rings. The lowest BCUT2D eigenvalue weighted by molar-refractivity contribution is -0.115. The number of rotatable bonds is 8. The molecule has 3 aromatic carbocycles. The second kappa shape index (κ2) is 10.9. The van der Waals surface area contributed by atoms with Gasteiger partial charge < -0.3 is 15.0 Å². The minimum atomic E-state index is -0.0157. The van der Waals surface area contributed by atoms with Gasteiger partial charge in [-0.05, 0) is 65.5 Å². The van der Waals surface area contributed by atoms with E-state index in [0.717, 1.165) is 62.0 Å². The molecular formula is C28H30N4O2S. The van der Waals surface area contributed by atoms with Crippen molar-refractivity contribution >= 4 is 39.0 Å². The first kappa shape index (κ1) is 23.3. The summed E-state index contributed by atoms with van der Waals surface area (Å²) in [4.78, 5) is 17.4. The van der Waals surface area contributed by atoms with Crippen LogP contribution in [0, 0.1) is 0 Å². The van der Waals surface area contributed by atoms with Crippen molar-refractivity contribution in [1.29, 1.82) is 0 Å². The molecule has 0 atom stereocenters. The largest absolute Gasteiger partial charge is 0.497 e. The fourth-order valence-electron chi connectivity index (χ4n) is 4.51. The van der Waals surface area contributed by atoms with Crippen molar-refractivity contribution in [3.8, 4) is 5.75 Å². The number of piperazine rings is 1. The van der Waals surface area contributed by atoms with Crippen molar-refractivity contribution in [2.24, 2.45) is 0 Å². The number of fused-ring (bicyclic) bond motifs is 1. The van der Waals surface area contributed by atoms with Crippen LogP contribution in [0.5, 0.6) is 5.75 Å². The Labute approximate surface area is 210 Å². The number of aromatic nitrogens is 1. The second-order valence-corrected chi connectivity index (χ2v) is 9.66. The fourth-order valence-corrected chi connectivity index (χ4v) is 5.31. The molecule has 5 rings (SSSR count). The summed E-state index contributed by atoms with van der Waals surface area (Å²) in [6, 6.07) is 24.3. The predicted molar refractivity (Wildman–Crippen MR) is 144 cm³/mol. The Kier molecular flexibility index (Phi) is 7.25. The fraction of sp³-hybridized carbons (Fsp3) is 0.286. The van der Waals surface area contributed by atoms with Crippen molar-refractivity contribution in [2.45, 2.75) is 12.8 Å². The third-order valence-corrected chi connectivity index (χ3v) is 7.30. The maximum atomic E-state index is 12.5. The normalized spacial score (nSPS) is 14.3. The van der Waals surface area contributed by atoms with Crippen LogP contribution in [0.15, 0.2) is 72.8 Å². The molecule has 0 spiro atoms. The zero-order valence-electron chi connectivity index (χ0n) is 19.9. The number of carbonyl (C=O) groups is 1. The first-order valence-electron chi connectivity index (χ1n) is 12.0. The average molecular weight is 487 g/mol. The smallest absolute Gasteiger partial charge is 0.228 e. The van der Waals surface area contributed by atoms with Gasteiger partial charge in [0, 0.05) is 43.8 Å². The lowest BCUT2D eigenvalue weighted by Crippen LogP contribution is -2.47. The Morgan fingerprint density at radius 1 is 0.971 bits per heavy atom. The quantitative estimate of drug-likeness (QED) is 0.386. The molecule has 0 radical (unpaired) electrons. The van der Waals surface area contributed by atoms with E-state index in [-0.39, 0.29) is 5.91 Å². The van der Waals surface area contributed by atoms with E-state index in [1.54, 1.807) is 18.6 Å². The highest BCUT2D eigenvalue weighted by molar-refractivity contribution is 7.13. The third-order valence-electron chi connectivity index (χ3n) is 6.48. The van der Waals surface area contributed by atoms with Gasteiger partial charge >= 0.3 is 0 Å². The molecule has 6 nitrogen and oxygen atoms in total. The number of hydrogen-bond donors (Lipinski definition) is 1. The molecule has 0 aliphatic carbocycles. The van der Waals surface area contributed by atoms with Crippen molar-refractivity contribution in [2.75, 3.05) is 50.1 Å². The van der Waals surface area contributed by atoms with Crippen LogP contribution in [0.3, 0.4) is 0 Å². The summed E-state index contributed by atoms with van der Waals surface area (Å²) < 4.78 is 11.1. The van der Waals surface area contributed by atoms with E-state index in [2.05, 4.69) is 51.5 Å². The van der Waals surface area contributed by atoms with Crippen molar-refractivity contribution in [3.05, 3.63) is 83.9 Å². The number of methoxy groups -OCH3 is 1. The van der Waals surface area contributed by atoms with Crippen LogP contribution in [0.4, 0.5) is 11.5 Å². The molecule has 4 aromatic rings. The SMILES string of the molecule is COc1ccc(CC(=O)Nc2cccc(CCN3CCN(c4nsc5ccccc45)CC3)c2)cc1. The van der Waals surface area contributed by atoms with Gasteiger partial charge in [-0.15, -0.1) is 0 Å². The van der Waals surface area contributed by atoms with Crippen LogP contribution >= 0.6 is 11.5 Å². The maximum Gasteiger partial charge on any atom is 0.228 e. The van der Waals surface area contributed by atoms with E-state index in [0.29, 0.717) is 6.42 Å². The maximum absolute atomic E-state index is 12.5. The van der Waals surface area contributed by atoms with Crippen LogP contribution < -0.4 is 15.0 Å². The van der Waals surface area contributed by atoms with Crippen LogP contribution in [0.1, 0.15) is 11.1 Å². The molecule has 1 saturated heterocycles. The number of benzene rings is 3. The average Bonchev–Trinajstić information content (AvgIpc) is 3.33. The number of ether oxygens (including phenoxy) is 1. The highest BCUT2D eigenvalue weighted by Crippen LogP contribution is 2.29. The third kappa shape index (κ3) is 5.81. The minimum Gasteiger partial charge on any atom is -0.497 e. The van der Waals surface area contributed by atoms with E-state index >= 15 is 0 Å². The number of carbonyl (C=O) groups excluding carboxylic acids is 1. The Morgan fingerprint density at radius 3 is 2.57 bits per heavy atom. The number of amides is 1. The molecule has 7 heteroatoms. The number of hydrogen-bond acceptors (Lipinski definition) is 6. The zero-order chi connectivity index (χ0) is 24.0. The van der Waals surface area contributed by atoms with E-state index in [9.17, 15) is 4.79 Å². The molecule has 1 aliphatic rings. The highest BCUT2D eigenvalue weighted by Gasteiger charge is 2.20. The Bertz CT molecular complexity index is 1280. The summed E-state index contributed by atoms with van der Waals surface area (Å²) in [6.45, 7) is 5.06. The molecular weight excluding hydrogens is 456 g/mol. The monoisotopic (exact) mass is 486 g/mol. The van der Waals surface area contributed by atoms with Gasteiger partial charge in [-0.2, -0.15) is 4.37 Å². The molecule has 0 saturated carbocycles. The molecule has 0 bridgehead atoms. The lowest BCUT2D eigenvalue weighted by Gasteiger charge is -2.35. The van der Waals surface area contributed by atoms with Gasteiger partial charge in [0.05, 0.1) is 18.2 Å². The van der Waals surface area contributed by atoms with Gasteiger partial charge in [0.25, 0.3) is 0 Å². The van der Waals surface area contributed by atoms with Crippen molar-refractivity contribution < 1.29 is 9.53 Å². The second-order valence-electron chi connectivity index (χ2n) is 8.85. The van der Waals surface area contributed by atoms with Crippen LogP contribution in [0.2, 0.25) is 0 Å². The molecule has 1 amide bonds. The Hall–Kier alpha value is -3.42. The van der Waals surface area contributed by atoms with Gasteiger partial charge in [-0.25, -0.2) is 0 Å². The molecule has 0 unspecified atom stereocenters. The molecule has 180 valence electrons. The topological polar surface area (TPSA) is 57.7 Å². The van der Waals surface area contributed by atoms with Gasteiger partial charge in [-0.1, -0.05) is 36.4 Å². The molecule has 1 aromatic heterocycles. The van der Waals surface area contributed by atoms with E-state index in [1.807, 2.05) is 36.4 Å². The summed E-state index contributed by atoms with van der Waals surface area (Å²) in [5.74, 6) is 1.90. The number of anilines is 2. The Morgan fingerprint density at radius 2 is 1.77 bits per heavy atom. The molecule has 1 aliphatic heterocycles. The summed E-state index contributed by atoms with van der Waals surface area (Å²) in [6.07, 6.45) is 1.30. The molecule has 35 heavy (non-hydrogen) atoms. The summed E-state index contributed by atoms with van der Waals surface area (Å²) >= 11 is 1.58. The van der Waals surface area contributed by atoms with Crippen LogP contribution in [-0.4, -0.2) is 55.0 Å². The Balaban J connectivity index is 1.10. The summed E-state index contributed by atoms with van der Waals surface area (Å²) in [5.41, 5.74) is 3.05. The first-order chi connectivity index (χ1) is 17.2. The van der Waals surface area contributed by atoms with Crippen molar-refractivity contribution in [1.82, 2.24) is 9.27 Å².